The van der Waals surface area contributed by atoms with Crippen molar-refractivity contribution < 1.29 is 19.0 Å². The van der Waals surface area contributed by atoms with Crippen LogP contribution in [0.25, 0.3) is 11.3 Å². The van der Waals surface area contributed by atoms with Gasteiger partial charge in [0.15, 0.2) is 0 Å². The number of hydrogen-bond acceptors (Lipinski definition) is 6. The van der Waals surface area contributed by atoms with E-state index in [-0.39, 0.29) is 5.92 Å². The zero-order chi connectivity index (χ0) is 19.1. The van der Waals surface area contributed by atoms with E-state index in [0.29, 0.717) is 34.1 Å². The van der Waals surface area contributed by atoms with E-state index < -0.39 is 11.7 Å². The molecule has 2 N–H and O–H groups in total. The van der Waals surface area contributed by atoms with E-state index in [0.717, 1.165) is 12.8 Å². The molecule has 0 amide bonds. The van der Waals surface area contributed by atoms with Crippen molar-refractivity contribution in [2.75, 3.05) is 20.0 Å². The molecule has 0 bridgehead atoms. The summed E-state index contributed by atoms with van der Waals surface area (Å²) in [6.45, 7) is 5.46. The molecule has 0 unspecified atom stereocenters. The molecule has 0 atom stereocenters. The summed E-state index contributed by atoms with van der Waals surface area (Å²) in [5.74, 6) is 1.47. The third-order valence-corrected chi connectivity index (χ3v) is 4.15. The Morgan fingerprint density at radius 2 is 1.92 bits per heavy atom. The average molecular weight is 359 g/mol. The number of carbonyl (C=O) groups excluding carboxylic acids is 1. The second-order valence-corrected chi connectivity index (χ2v) is 7.38. The summed E-state index contributed by atoms with van der Waals surface area (Å²) in [6.07, 6.45) is 1.44. The molecular weight excluding hydrogens is 334 g/mol. The van der Waals surface area contributed by atoms with Crippen molar-refractivity contribution in [3.63, 3.8) is 0 Å². The van der Waals surface area contributed by atoms with Crippen LogP contribution >= 0.6 is 0 Å². The highest BCUT2D eigenvalue weighted by atomic mass is 16.6. The predicted octanol–water partition coefficient (Wildman–Crippen LogP) is 3.81. The van der Waals surface area contributed by atoms with Crippen molar-refractivity contribution in [2.24, 2.45) is 0 Å². The molecule has 1 aromatic heterocycles. The number of nitrogen functional groups attached to an aromatic ring is 1. The fraction of sp³-hybridized carbons (Fsp3) is 0.474. The Morgan fingerprint density at radius 1 is 1.23 bits per heavy atom. The fourth-order valence-electron chi connectivity index (χ4n) is 2.83. The number of anilines is 1. The van der Waals surface area contributed by atoms with E-state index in [1.807, 2.05) is 26.8 Å². The topological polar surface area (TPSA) is 88.6 Å². The number of ether oxygens (including phenoxy) is 3. The molecule has 7 heteroatoms. The van der Waals surface area contributed by atoms with Crippen molar-refractivity contribution in [3.8, 4) is 22.8 Å². The molecule has 7 nitrogen and oxygen atoms in total. The SMILES string of the molecule is COc1ccc(-c2nn(C(=O)OC(C)(C)C)c(C3CC3)c2N)c(OC)c1. The van der Waals surface area contributed by atoms with Crippen molar-refractivity contribution in [1.29, 1.82) is 0 Å². The van der Waals surface area contributed by atoms with Crippen LogP contribution in [0, 0.1) is 0 Å². The van der Waals surface area contributed by atoms with Gasteiger partial charge in [-0.3, -0.25) is 0 Å². The van der Waals surface area contributed by atoms with Gasteiger partial charge in [-0.15, -0.1) is 0 Å². The first kappa shape index (κ1) is 18.1. The van der Waals surface area contributed by atoms with Gasteiger partial charge in [0, 0.05) is 17.5 Å². The highest BCUT2D eigenvalue weighted by Crippen LogP contribution is 2.46. The Hall–Kier alpha value is -2.70. The number of nitrogens with two attached hydrogens (primary N) is 1. The molecule has 1 aliphatic carbocycles. The van der Waals surface area contributed by atoms with Gasteiger partial charge < -0.3 is 19.9 Å². The maximum Gasteiger partial charge on any atom is 0.435 e. The van der Waals surface area contributed by atoms with Crippen LogP contribution in [0.3, 0.4) is 0 Å². The van der Waals surface area contributed by atoms with Crippen LogP contribution in [0.5, 0.6) is 11.5 Å². The lowest BCUT2D eigenvalue weighted by Crippen LogP contribution is -2.28. The van der Waals surface area contributed by atoms with Gasteiger partial charge in [-0.25, -0.2) is 4.79 Å². The Bertz CT molecular complexity index is 832. The highest BCUT2D eigenvalue weighted by Gasteiger charge is 2.35. The number of methoxy groups -OCH3 is 2. The fourth-order valence-corrected chi connectivity index (χ4v) is 2.83. The minimum absolute atomic E-state index is 0.230. The molecule has 2 aromatic rings. The monoisotopic (exact) mass is 359 g/mol. The van der Waals surface area contributed by atoms with Crippen LogP contribution in [0.15, 0.2) is 18.2 Å². The summed E-state index contributed by atoms with van der Waals surface area (Å²) in [7, 11) is 3.16. The normalized spacial score (nSPS) is 14.2. The van der Waals surface area contributed by atoms with Crippen LogP contribution in [0.2, 0.25) is 0 Å². The molecule has 0 spiro atoms. The number of nitrogens with zero attached hydrogens (tertiary/aromatic N) is 2. The van der Waals surface area contributed by atoms with Gasteiger partial charge in [0.2, 0.25) is 0 Å². The first-order chi connectivity index (χ1) is 12.2. The van der Waals surface area contributed by atoms with Crippen LogP contribution in [-0.4, -0.2) is 35.7 Å². The van der Waals surface area contributed by atoms with E-state index in [9.17, 15) is 4.79 Å². The minimum Gasteiger partial charge on any atom is -0.497 e. The smallest absolute Gasteiger partial charge is 0.435 e. The summed E-state index contributed by atoms with van der Waals surface area (Å²) < 4.78 is 17.5. The lowest BCUT2D eigenvalue weighted by molar-refractivity contribution is 0.0510. The number of aromatic nitrogens is 2. The van der Waals surface area contributed by atoms with Gasteiger partial charge in [-0.1, -0.05) is 0 Å². The summed E-state index contributed by atoms with van der Waals surface area (Å²) in [6, 6.07) is 5.39. The number of hydrogen-bond donors (Lipinski definition) is 1. The van der Waals surface area contributed by atoms with E-state index in [1.165, 1.54) is 4.68 Å². The lowest BCUT2D eigenvalue weighted by atomic mass is 10.1. The second-order valence-electron chi connectivity index (χ2n) is 7.38. The van der Waals surface area contributed by atoms with Crippen molar-refractivity contribution in [1.82, 2.24) is 9.78 Å². The van der Waals surface area contributed by atoms with E-state index >= 15 is 0 Å². The van der Waals surface area contributed by atoms with Crippen molar-refractivity contribution in [3.05, 3.63) is 23.9 Å². The van der Waals surface area contributed by atoms with Gasteiger partial charge in [0.1, 0.15) is 22.8 Å². The zero-order valence-corrected chi connectivity index (χ0v) is 15.8. The highest BCUT2D eigenvalue weighted by molar-refractivity contribution is 5.84. The third kappa shape index (κ3) is 3.47. The van der Waals surface area contributed by atoms with Gasteiger partial charge in [-0.2, -0.15) is 9.78 Å². The van der Waals surface area contributed by atoms with Gasteiger partial charge in [-0.05, 0) is 45.7 Å². The summed E-state index contributed by atoms with van der Waals surface area (Å²) in [4.78, 5) is 12.6. The first-order valence-corrected chi connectivity index (χ1v) is 8.59. The molecule has 26 heavy (non-hydrogen) atoms. The molecule has 0 saturated heterocycles. The summed E-state index contributed by atoms with van der Waals surface area (Å²) in [5, 5.41) is 4.49. The van der Waals surface area contributed by atoms with E-state index in [2.05, 4.69) is 5.10 Å². The molecular formula is C19H25N3O4. The maximum absolute atomic E-state index is 12.6. The standard InChI is InChI=1S/C19H25N3O4/c1-19(2,3)26-18(23)22-17(11-6-7-11)15(20)16(21-22)13-9-8-12(24-4)10-14(13)25-5/h8-11H,6-7,20H2,1-5H3. The third-order valence-electron chi connectivity index (χ3n) is 4.15. The molecule has 3 rings (SSSR count). The Labute approximate surface area is 153 Å². The van der Waals surface area contributed by atoms with Crippen LogP contribution in [0.1, 0.15) is 45.2 Å². The predicted molar refractivity (Wildman–Crippen MR) is 98.8 cm³/mol. The van der Waals surface area contributed by atoms with Crippen LogP contribution in [0.4, 0.5) is 10.5 Å². The van der Waals surface area contributed by atoms with Gasteiger partial charge in [0.05, 0.1) is 25.6 Å². The minimum atomic E-state index is -0.615. The number of carbonyl (C=O) groups is 1. The van der Waals surface area contributed by atoms with Crippen LogP contribution in [-0.2, 0) is 4.74 Å². The first-order valence-electron chi connectivity index (χ1n) is 8.59. The van der Waals surface area contributed by atoms with Gasteiger partial charge >= 0.3 is 6.09 Å². The Kier molecular flexibility index (Phi) is 4.56. The molecule has 0 radical (unpaired) electrons. The van der Waals surface area contributed by atoms with Crippen molar-refractivity contribution >= 4 is 11.8 Å². The largest absolute Gasteiger partial charge is 0.497 e. The molecule has 1 aliphatic rings. The summed E-state index contributed by atoms with van der Waals surface area (Å²) >= 11 is 0. The Morgan fingerprint density at radius 3 is 2.46 bits per heavy atom. The molecule has 0 aliphatic heterocycles. The quantitative estimate of drug-likeness (QED) is 0.893. The molecule has 1 heterocycles. The summed E-state index contributed by atoms with van der Waals surface area (Å²) in [5.41, 5.74) is 8.20. The number of rotatable bonds is 4. The lowest BCUT2D eigenvalue weighted by Gasteiger charge is -2.19. The zero-order valence-electron chi connectivity index (χ0n) is 15.8. The van der Waals surface area contributed by atoms with Gasteiger partial charge in [0.25, 0.3) is 0 Å². The molecule has 1 aromatic carbocycles. The van der Waals surface area contributed by atoms with Crippen LogP contribution < -0.4 is 15.2 Å². The average Bonchev–Trinajstić information content (AvgIpc) is 3.35. The molecule has 140 valence electrons. The van der Waals surface area contributed by atoms with Crippen molar-refractivity contribution in [2.45, 2.75) is 45.1 Å². The Balaban J connectivity index is 2.10. The molecule has 1 fully saturated rings. The van der Waals surface area contributed by atoms with E-state index in [4.69, 9.17) is 19.9 Å². The second kappa shape index (κ2) is 6.55. The maximum atomic E-state index is 12.6. The number of benzene rings is 1. The van der Waals surface area contributed by atoms with E-state index in [1.54, 1.807) is 26.4 Å². The molecule has 1 saturated carbocycles.